The van der Waals surface area contributed by atoms with Gasteiger partial charge in [0.2, 0.25) is 0 Å². The lowest BCUT2D eigenvalue weighted by atomic mass is 9.85. The number of piperidine rings is 2. The van der Waals surface area contributed by atoms with E-state index in [1.54, 1.807) is 5.56 Å². The number of hydrogen-bond donors (Lipinski definition) is 2. The van der Waals surface area contributed by atoms with E-state index >= 15 is 0 Å². The van der Waals surface area contributed by atoms with E-state index in [9.17, 15) is 0 Å². The highest BCUT2D eigenvalue weighted by Crippen LogP contribution is 2.41. The minimum Gasteiger partial charge on any atom is -0.354 e. The molecule has 3 heteroatoms. The van der Waals surface area contributed by atoms with Crippen molar-refractivity contribution in [1.82, 2.24) is 15.2 Å². The van der Waals surface area contributed by atoms with Crippen LogP contribution in [0.3, 0.4) is 0 Å². The first-order chi connectivity index (χ1) is 14.3. The van der Waals surface area contributed by atoms with Crippen molar-refractivity contribution in [3.63, 3.8) is 0 Å². The minimum absolute atomic E-state index is 0.649. The molecule has 0 radical (unpaired) electrons. The van der Waals surface area contributed by atoms with Crippen molar-refractivity contribution in [3.05, 3.63) is 60.2 Å². The molecule has 6 rings (SSSR count). The van der Waals surface area contributed by atoms with Gasteiger partial charge in [-0.25, -0.2) is 0 Å². The molecule has 0 spiro atoms. The third-order valence-corrected chi connectivity index (χ3v) is 7.71. The fraction of sp³-hybridized carbons (Fsp3) is 0.462. The van der Waals surface area contributed by atoms with E-state index in [4.69, 9.17) is 0 Å². The third-order valence-electron chi connectivity index (χ3n) is 7.71. The molecule has 29 heavy (non-hydrogen) atoms. The summed E-state index contributed by atoms with van der Waals surface area (Å²) in [5, 5.41) is 5.23. The molecule has 3 fully saturated rings. The van der Waals surface area contributed by atoms with Crippen LogP contribution in [0.15, 0.2) is 54.6 Å². The molecule has 2 unspecified atom stereocenters. The summed E-state index contributed by atoms with van der Waals surface area (Å²) in [4.78, 5) is 6.57. The fourth-order valence-corrected chi connectivity index (χ4v) is 6.30. The normalized spacial score (nSPS) is 28.2. The second-order valence-corrected chi connectivity index (χ2v) is 9.40. The predicted octanol–water partition coefficient (Wildman–Crippen LogP) is 5.30. The van der Waals surface area contributed by atoms with Crippen LogP contribution in [0.1, 0.15) is 50.0 Å². The van der Waals surface area contributed by atoms with Crippen molar-refractivity contribution in [1.29, 1.82) is 0 Å². The Morgan fingerprint density at radius 2 is 1.45 bits per heavy atom. The first-order valence-corrected chi connectivity index (χ1v) is 11.5. The Labute approximate surface area is 173 Å². The summed E-state index contributed by atoms with van der Waals surface area (Å²) in [6.45, 7) is 2.50. The molecule has 0 aliphatic carbocycles. The molecule has 3 aliphatic heterocycles. The Bertz CT molecular complexity index is 972. The topological polar surface area (TPSA) is 31.1 Å². The van der Waals surface area contributed by atoms with Gasteiger partial charge >= 0.3 is 0 Å². The summed E-state index contributed by atoms with van der Waals surface area (Å²) in [7, 11) is 0. The van der Waals surface area contributed by atoms with E-state index < -0.39 is 0 Å². The van der Waals surface area contributed by atoms with Crippen LogP contribution in [0, 0.1) is 0 Å². The van der Waals surface area contributed by atoms with Gasteiger partial charge in [-0.3, -0.25) is 0 Å². The van der Waals surface area contributed by atoms with Gasteiger partial charge < -0.3 is 15.2 Å². The maximum Gasteiger partial charge on any atom is 0.0500 e. The Morgan fingerprint density at radius 3 is 2.21 bits per heavy atom. The highest BCUT2D eigenvalue weighted by molar-refractivity contribution is 5.91. The van der Waals surface area contributed by atoms with Gasteiger partial charge in [0.1, 0.15) is 0 Å². The van der Waals surface area contributed by atoms with Crippen molar-refractivity contribution < 1.29 is 0 Å². The van der Waals surface area contributed by atoms with Crippen molar-refractivity contribution in [2.45, 2.75) is 62.6 Å². The smallest absolute Gasteiger partial charge is 0.0500 e. The van der Waals surface area contributed by atoms with Gasteiger partial charge in [0.15, 0.2) is 0 Å². The van der Waals surface area contributed by atoms with Crippen molar-refractivity contribution in [2.75, 3.05) is 13.1 Å². The molecule has 2 bridgehead atoms. The van der Waals surface area contributed by atoms with Crippen LogP contribution in [-0.2, 0) is 0 Å². The maximum absolute atomic E-state index is 3.81. The lowest BCUT2D eigenvalue weighted by Crippen LogP contribution is -2.50. The number of H-pyrrole nitrogens is 1. The first-order valence-electron chi connectivity index (χ1n) is 11.5. The number of aromatic amines is 1. The number of likely N-dealkylation sites (tertiary alicyclic amines) is 1. The molecule has 0 amide bonds. The molecule has 4 heterocycles. The lowest BCUT2D eigenvalue weighted by molar-refractivity contribution is 0.111. The van der Waals surface area contributed by atoms with Crippen LogP contribution in [0.5, 0.6) is 0 Å². The zero-order valence-electron chi connectivity index (χ0n) is 17.1. The van der Waals surface area contributed by atoms with Crippen LogP contribution >= 0.6 is 0 Å². The number of para-hydroxylation sites is 1. The molecule has 2 atom stereocenters. The molecule has 3 aliphatic rings. The Hall–Kier alpha value is -2.10. The minimum atomic E-state index is 0.649. The molecule has 2 N–H and O–H groups in total. The van der Waals surface area contributed by atoms with E-state index in [2.05, 4.69) is 69.8 Å². The number of nitrogens with one attached hydrogen (secondary N) is 2. The zero-order valence-corrected chi connectivity index (χ0v) is 17.1. The van der Waals surface area contributed by atoms with Gasteiger partial charge in [-0.15, -0.1) is 0 Å². The molecule has 3 saturated heterocycles. The van der Waals surface area contributed by atoms with E-state index in [0.717, 1.165) is 18.1 Å². The van der Waals surface area contributed by atoms with E-state index in [-0.39, 0.29) is 0 Å². The third kappa shape index (κ3) is 3.21. The maximum atomic E-state index is 3.81. The van der Waals surface area contributed by atoms with Crippen molar-refractivity contribution in [2.24, 2.45) is 0 Å². The fourth-order valence-electron chi connectivity index (χ4n) is 6.30. The SMILES string of the molecule is c1ccc(-c2[nH]c3ccccc3c2C2CCN(C3CC4CCC(C3)N4)CC2)cc1. The van der Waals surface area contributed by atoms with Gasteiger partial charge in [-0.1, -0.05) is 48.5 Å². The second-order valence-electron chi connectivity index (χ2n) is 9.40. The summed E-state index contributed by atoms with van der Waals surface area (Å²) in [6, 6.07) is 22.2. The number of hydrogen-bond acceptors (Lipinski definition) is 2. The molecule has 3 nitrogen and oxygen atoms in total. The highest BCUT2D eigenvalue weighted by Gasteiger charge is 2.37. The number of benzene rings is 2. The molecule has 3 aromatic rings. The Morgan fingerprint density at radius 1 is 0.759 bits per heavy atom. The monoisotopic (exact) mass is 385 g/mol. The summed E-state index contributed by atoms with van der Waals surface area (Å²) < 4.78 is 0. The van der Waals surface area contributed by atoms with Crippen molar-refractivity contribution >= 4 is 10.9 Å². The average molecular weight is 386 g/mol. The zero-order chi connectivity index (χ0) is 19.2. The summed E-state index contributed by atoms with van der Waals surface area (Å²) in [5.74, 6) is 0.649. The largest absolute Gasteiger partial charge is 0.354 e. The van der Waals surface area contributed by atoms with E-state index in [1.165, 1.54) is 73.8 Å². The Kier molecular flexibility index (Phi) is 4.46. The quantitative estimate of drug-likeness (QED) is 0.641. The molecular formula is C26H31N3. The van der Waals surface area contributed by atoms with Gasteiger partial charge in [0, 0.05) is 34.7 Å². The number of nitrogens with zero attached hydrogens (tertiary/aromatic N) is 1. The van der Waals surface area contributed by atoms with Gasteiger partial charge in [-0.05, 0) is 74.7 Å². The van der Waals surface area contributed by atoms with Crippen LogP contribution in [0.4, 0.5) is 0 Å². The Balaban J connectivity index is 1.27. The van der Waals surface area contributed by atoms with Crippen LogP contribution < -0.4 is 5.32 Å². The number of fused-ring (bicyclic) bond motifs is 3. The van der Waals surface area contributed by atoms with Gasteiger partial charge in [0.05, 0.1) is 0 Å². The first kappa shape index (κ1) is 17.7. The second kappa shape index (κ2) is 7.30. The molecule has 150 valence electrons. The average Bonchev–Trinajstić information content (AvgIpc) is 3.34. The van der Waals surface area contributed by atoms with Crippen molar-refractivity contribution in [3.8, 4) is 11.3 Å². The number of rotatable bonds is 3. The summed E-state index contributed by atoms with van der Waals surface area (Å²) in [6.07, 6.45) is 8.08. The van der Waals surface area contributed by atoms with E-state index in [1.807, 2.05) is 0 Å². The molecular weight excluding hydrogens is 354 g/mol. The van der Waals surface area contributed by atoms with Crippen LogP contribution in [0.2, 0.25) is 0 Å². The number of aromatic nitrogens is 1. The molecule has 2 aromatic carbocycles. The summed E-state index contributed by atoms with van der Waals surface area (Å²) in [5.41, 5.74) is 5.48. The van der Waals surface area contributed by atoms with Gasteiger partial charge in [-0.2, -0.15) is 0 Å². The lowest BCUT2D eigenvalue weighted by Gasteiger charge is -2.41. The van der Waals surface area contributed by atoms with E-state index in [0.29, 0.717) is 5.92 Å². The standard InChI is InChI=1S/C26H31N3/c1-2-6-19(7-3-1)26-25(23-8-4-5-9-24(23)28-26)18-12-14-29(15-13-18)22-16-20-10-11-21(17-22)27-20/h1-9,18,20-22,27-28H,10-17H2. The van der Waals surface area contributed by atoms with Crippen LogP contribution in [-0.4, -0.2) is 41.1 Å². The highest BCUT2D eigenvalue weighted by atomic mass is 15.2. The summed E-state index contributed by atoms with van der Waals surface area (Å²) >= 11 is 0. The van der Waals surface area contributed by atoms with Gasteiger partial charge in [0.25, 0.3) is 0 Å². The molecule has 0 saturated carbocycles. The predicted molar refractivity (Wildman–Crippen MR) is 120 cm³/mol. The molecule has 1 aromatic heterocycles. The van der Waals surface area contributed by atoms with Crippen LogP contribution in [0.25, 0.3) is 22.2 Å².